The van der Waals surface area contributed by atoms with Crippen LogP contribution in [0.25, 0.3) is 0 Å². The molecule has 0 spiro atoms. The van der Waals surface area contributed by atoms with Crippen LogP contribution in [0.2, 0.25) is 0 Å². The lowest BCUT2D eigenvalue weighted by atomic mass is 9.46. The molecule has 12 atom stereocenters. The number of nitrogens with two attached hydrogens (primary N) is 2. The molecule has 1 heterocycles. The largest absolute Gasteiger partial charge is 0.393 e. The van der Waals surface area contributed by atoms with Gasteiger partial charge in [-0.05, 0) is 98.8 Å². The van der Waals surface area contributed by atoms with Crippen LogP contribution in [0.3, 0.4) is 0 Å². The van der Waals surface area contributed by atoms with Crippen molar-refractivity contribution in [2.75, 3.05) is 19.3 Å². The number of urea groups is 1. The number of benzene rings is 1. The molecular weight excluding hydrogens is 828 g/mol. The van der Waals surface area contributed by atoms with E-state index in [2.05, 4.69) is 17.6 Å². The Morgan fingerprint density at radius 3 is 2.49 bits per heavy atom. The molecule has 3 amide bonds. The van der Waals surface area contributed by atoms with Crippen LogP contribution in [0.4, 0.5) is 4.79 Å². The molecule has 1 aromatic rings. The number of aliphatic hydroxyl groups excluding tert-OH is 1. The summed E-state index contributed by atoms with van der Waals surface area (Å²) in [5, 5.41) is 17.3. The summed E-state index contributed by atoms with van der Waals surface area (Å²) in [5.41, 5.74) is 11.3. The van der Waals surface area contributed by atoms with Crippen molar-refractivity contribution in [2.24, 2.45) is 46.0 Å². The molecule has 0 aromatic heterocycles. The van der Waals surface area contributed by atoms with Gasteiger partial charge in [0, 0.05) is 36.1 Å². The summed E-state index contributed by atoms with van der Waals surface area (Å²) >= 11 is 0. The first-order chi connectivity index (χ1) is 29.7. The highest BCUT2D eigenvalue weighted by Crippen LogP contribution is 2.70. The zero-order valence-electron chi connectivity index (χ0n) is 37.5. The molecule has 348 valence electrons. The molecular formula is C47H69N4O11P. The summed E-state index contributed by atoms with van der Waals surface area (Å²) in [4.78, 5) is 75.0. The SMILES string of the molecule is CCCC1O[C@@H]2C[C@H]3[C@@H]4CCC5=CC(=O)C=C[C@]5(C)[C@H]4[C@@H](O)C[C@]3(C)[C@]2(C(=O)CCP(=O)(O)OCCCc2ccc(CC(=O)[C@H](CCCNC(N)=O)NC(=O)[C@@H](N)C(C)C)cc2)O1. The van der Waals surface area contributed by atoms with Gasteiger partial charge < -0.3 is 46.1 Å². The third-order valence-electron chi connectivity index (χ3n) is 14.8. The van der Waals surface area contributed by atoms with Gasteiger partial charge in [0.15, 0.2) is 29.2 Å². The number of hydrogen-bond donors (Lipinski definition) is 6. The summed E-state index contributed by atoms with van der Waals surface area (Å²) in [5.74, 6) is -1.13. The van der Waals surface area contributed by atoms with Crippen LogP contribution < -0.4 is 22.1 Å². The maximum Gasteiger partial charge on any atom is 0.328 e. The van der Waals surface area contributed by atoms with E-state index in [9.17, 15) is 38.5 Å². The number of fused-ring (bicyclic) bond motifs is 7. The summed E-state index contributed by atoms with van der Waals surface area (Å²) in [6, 6.07) is 5.17. The summed E-state index contributed by atoms with van der Waals surface area (Å²) < 4.78 is 32.1. The van der Waals surface area contributed by atoms with Crippen LogP contribution in [-0.4, -0.2) is 94.8 Å². The molecule has 1 aromatic carbocycles. The Morgan fingerprint density at radius 1 is 1.10 bits per heavy atom. The fourth-order valence-corrected chi connectivity index (χ4v) is 12.6. The highest BCUT2D eigenvalue weighted by atomic mass is 31.2. The van der Waals surface area contributed by atoms with Gasteiger partial charge in [-0.2, -0.15) is 0 Å². The fraction of sp³-hybridized carbons (Fsp3) is 0.681. The Bertz CT molecular complexity index is 1990. The van der Waals surface area contributed by atoms with Crippen molar-refractivity contribution in [3.63, 3.8) is 0 Å². The molecule has 4 aliphatic carbocycles. The van der Waals surface area contributed by atoms with Crippen molar-refractivity contribution >= 4 is 36.9 Å². The normalized spacial score (nSPS) is 32.7. The number of rotatable bonds is 21. The number of aliphatic hydroxyl groups is 1. The Morgan fingerprint density at radius 2 is 1.81 bits per heavy atom. The first-order valence-corrected chi connectivity index (χ1v) is 24.7. The Hall–Kier alpha value is -3.56. The first kappa shape index (κ1) is 48.9. The molecule has 15 nitrogen and oxygen atoms in total. The van der Waals surface area contributed by atoms with Crippen LogP contribution in [0.5, 0.6) is 0 Å². The van der Waals surface area contributed by atoms with Gasteiger partial charge in [-0.15, -0.1) is 0 Å². The van der Waals surface area contributed by atoms with E-state index < -0.39 is 66.5 Å². The van der Waals surface area contributed by atoms with Crippen molar-refractivity contribution in [3.05, 3.63) is 59.2 Å². The molecule has 3 saturated carbocycles. The molecule has 0 bridgehead atoms. The second-order valence-electron chi connectivity index (χ2n) is 19.3. The molecule has 0 radical (unpaired) electrons. The van der Waals surface area contributed by atoms with Crippen LogP contribution in [0.1, 0.15) is 110 Å². The number of amides is 3. The maximum absolute atomic E-state index is 14.6. The molecule has 6 rings (SSSR count). The van der Waals surface area contributed by atoms with Gasteiger partial charge >= 0.3 is 13.6 Å². The van der Waals surface area contributed by atoms with E-state index >= 15 is 0 Å². The van der Waals surface area contributed by atoms with Crippen molar-refractivity contribution < 1.29 is 52.5 Å². The molecule has 8 N–H and O–H groups in total. The van der Waals surface area contributed by atoms with Crippen molar-refractivity contribution in [1.29, 1.82) is 0 Å². The van der Waals surface area contributed by atoms with Crippen LogP contribution in [-0.2, 0) is 50.6 Å². The minimum atomic E-state index is -4.18. The quantitative estimate of drug-likeness (QED) is 0.0707. The number of allylic oxidation sites excluding steroid dienone is 4. The van der Waals surface area contributed by atoms with Crippen LogP contribution >= 0.6 is 7.60 Å². The molecule has 1 aliphatic heterocycles. The van der Waals surface area contributed by atoms with E-state index in [-0.39, 0.29) is 73.2 Å². The lowest BCUT2D eigenvalue weighted by Crippen LogP contribution is -2.63. The zero-order valence-corrected chi connectivity index (χ0v) is 38.4. The third-order valence-corrected chi connectivity index (χ3v) is 16.2. The van der Waals surface area contributed by atoms with E-state index in [1.807, 2.05) is 58.0 Å². The van der Waals surface area contributed by atoms with Crippen LogP contribution in [0, 0.1) is 34.5 Å². The molecule has 5 aliphatic rings. The van der Waals surface area contributed by atoms with Gasteiger partial charge in [-0.3, -0.25) is 23.7 Å². The number of hydrogen-bond acceptors (Lipinski definition) is 11. The highest BCUT2D eigenvalue weighted by Gasteiger charge is 2.75. The number of aryl methyl sites for hydroxylation is 1. The number of carbonyl (C=O) groups excluding carboxylic acids is 5. The predicted octanol–water partition coefficient (Wildman–Crippen LogP) is 4.98. The van der Waals surface area contributed by atoms with E-state index in [0.717, 1.165) is 36.0 Å². The van der Waals surface area contributed by atoms with Gasteiger partial charge in [0.25, 0.3) is 0 Å². The molecule has 63 heavy (non-hydrogen) atoms. The number of ether oxygens (including phenoxy) is 2. The minimum Gasteiger partial charge on any atom is -0.393 e. The van der Waals surface area contributed by atoms with E-state index in [4.69, 9.17) is 25.5 Å². The predicted molar refractivity (Wildman–Crippen MR) is 236 cm³/mol. The molecule has 1 saturated heterocycles. The van der Waals surface area contributed by atoms with Crippen molar-refractivity contribution in [3.8, 4) is 0 Å². The summed E-state index contributed by atoms with van der Waals surface area (Å²) in [7, 11) is -4.18. The smallest absolute Gasteiger partial charge is 0.328 e. The van der Waals surface area contributed by atoms with Crippen LogP contribution in [0.15, 0.2) is 48.1 Å². The van der Waals surface area contributed by atoms with Gasteiger partial charge in [0.2, 0.25) is 5.91 Å². The van der Waals surface area contributed by atoms with Gasteiger partial charge in [0.1, 0.15) is 0 Å². The summed E-state index contributed by atoms with van der Waals surface area (Å²) in [6.45, 7) is 10.1. The first-order valence-electron chi connectivity index (χ1n) is 22.9. The Balaban J connectivity index is 1.03. The number of nitrogens with one attached hydrogen (secondary N) is 2. The molecule has 2 unspecified atom stereocenters. The van der Waals surface area contributed by atoms with E-state index in [1.54, 1.807) is 12.2 Å². The second-order valence-corrected chi connectivity index (χ2v) is 21.3. The van der Waals surface area contributed by atoms with Crippen molar-refractivity contribution in [2.45, 2.75) is 148 Å². The minimum absolute atomic E-state index is 0.000513. The molecule has 16 heteroatoms. The fourth-order valence-electron chi connectivity index (χ4n) is 11.5. The number of Topliss-reactive ketones (excluding diaryl/α,β-unsaturated/α-hetero) is 2. The van der Waals surface area contributed by atoms with Gasteiger partial charge in [-0.25, -0.2) is 4.79 Å². The maximum atomic E-state index is 14.6. The monoisotopic (exact) mass is 896 g/mol. The standard InChI is InChI=1S/C47H69N4O11P/c1-6-9-40-61-39-26-34-33-17-16-31-25-32(52)18-20-45(31,4)41(33)37(54)27-46(34,5)47(39,62-40)38(55)19-23-63(58,59)60-22-8-10-29-12-14-30(15-13-29)24-36(53)35(11-7-21-50-44(49)57)51-43(56)42(48)28(2)3/h12-15,18,20,25,28,33-35,37,39-42,54H,6-11,16-17,19,21-24,26-27,48H2,1-5H3,(H,51,56)(H,58,59)(H3,49,50,57)/t33-,34-,35-,37-,39+,40?,41+,42-,45-,46-,47+/m0/s1. The lowest BCUT2D eigenvalue weighted by Gasteiger charge is -2.59. The van der Waals surface area contributed by atoms with Gasteiger partial charge in [-0.1, -0.05) is 77.0 Å². The van der Waals surface area contributed by atoms with E-state index in [1.165, 1.54) is 0 Å². The lowest BCUT2D eigenvalue weighted by molar-refractivity contribution is -0.199. The zero-order chi connectivity index (χ0) is 45.9. The van der Waals surface area contributed by atoms with Crippen molar-refractivity contribution in [1.82, 2.24) is 10.6 Å². The average molecular weight is 897 g/mol. The highest BCUT2D eigenvalue weighted by molar-refractivity contribution is 7.52. The molecule has 4 fully saturated rings. The third kappa shape index (κ3) is 10.3. The number of ketones is 3. The van der Waals surface area contributed by atoms with E-state index in [0.29, 0.717) is 44.9 Å². The number of primary amides is 1. The average Bonchev–Trinajstić information content (AvgIpc) is 3.71. The van der Waals surface area contributed by atoms with Gasteiger partial charge in [0.05, 0.1) is 37.1 Å². The topological polar surface area (TPSA) is 247 Å². The Labute approximate surface area is 371 Å². The number of carbonyl (C=O) groups is 5. The summed E-state index contributed by atoms with van der Waals surface area (Å²) in [6.07, 6.45) is 8.31. The second kappa shape index (κ2) is 19.9. The Kier molecular flexibility index (Phi) is 15.4.